The minimum atomic E-state index is -4.54. The molecule has 0 aliphatic carbocycles. The van der Waals surface area contributed by atoms with E-state index in [-0.39, 0.29) is 23.1 Å². The van der Waals surface area contributed by atoms with Crippen LogP contribution in [0.2, 0.25) is 0 Å². The lowest BCUT2D eigenvalue weighted by atomic mass is 10.1. The molecule has 0 spiro atoms. The van der Waals surface area contributed by atoms with E-state index in [2.05, 4.69) is 4.98 Å². The van der Waals surface area contributed by atoms with Gasteiger partial charge in [-0.3, -0.25) is 14.5 Å². The number of carbonyl (C=O) groups excluding carboxylic acids is 2. The molecule has 0 radical (unpaired) electrons. The van der Waals surface area contributed by atoms with Gasteiger partial charge in [-0.25, -0.2) is 4.98 Å². The molecule has 3 rings (SSSR count). The number of aryl methyl sites for hydroxylation is 1. The molecule has 1 aromatic rings. The Bertz CT molecular complexity index is 727. The highest BCUT2D eigenvalue weighted by Crippen LogP contribution is 2.28. The van der Waals surface area contributed by atoms with Crippen LogP contribution >= 0.6 is 0 Å². The Balaban J connectivity index is 1.55. The fourth-order valence-corrected chi connectivity index (χ4v) is 3.32. The van der Waals surface area contributed by atoms with Gasteiger partial charge in [0, 0.05) is 39.3 Å². The molecule has 2 aliphatic rings. The van der Waals surface area contributed by atoms with E-state index >= 15 is 0 Å². The molecule has 2 amide bonds. The molecular formula is C18H23F3N4O3. The first kappa shape index (κ1) is 20.5. The van der Waals surface area contributed by atoms with Crippen LogP contribution in [0.25, 0.3) is 0 Å². The van der Waals surface area contributed by atoms with Crippen molar-refractivity contribution in [2.24, 2.45) is 0 Å². The number of halogens is 3. The predicted molar refractivity (Wildman–Crippen MR) is 93.7 cm³/mol. The van der Waals surface area contributed by atoms with Crippen molar-refractivity contribution < 1.29 is 27.5 Å². The molecule has 0 aromatic carbocycles. The third-order valence-electron chi connectivity index (χ3n) is 4.99. The SMILES string of the molecule is Cc1nc(C(F)(F)F)ccc1C(=O)N1CCN(C(=O)CN2CCOCC2)CC1. The highest BCUT2D eigenvalue weighted by atomic mass is 19.4. The molecule has 10 heteroatoms. The maximum Gasteiger partial charge on any atom is 0.433 e. The second-order valence-corrected chi connectivity index (χ2v) is 6.89. The molecule has 154 valence electrons. The molecule has 2 aliphatic heterocycles. The number of ether oxygens (including phenoxy) is 1. The van der Waals surface area contributed by atoms with Crippen molar-refractivity contribution >= 4 is 11.8 Å². The number of amides is 2. The number of morpholine rings is 1. The van der Waals surface area contributed by atoms with E-state index in [1.807, 2.05) is 4.90 Å². The first-order valence-corrected chi connectivity index (χ1v) is 9.17. The average Bonchev–Trinajstić information content (AvgIpc) is 2.67. The van der Waals surface area contributed by atoms with Crippen molar-refractivity contribution in [3.05, 3.63) is 29.1 Å². The number of piperazine rings is 1. The summed E-state index contributed by atoms with van der Waals surface area (Å²) in [6, 6.07) is 1.99. The van der Waals surface area contributed by atoms with E-state index in [9.17, 15) is 22.8 Å². The summed E-state index contributed by atoms with van der Waals surface area (Å²) in [5.41, 5.74) is -0.813. The predicted octanol–water partition coefficient (Wildman–Crippen LogP) is 1.03. The summed E-state index contributed by atoms with van der Waals surface area (Å²) < 4.78 is 43.5. The monoisotopic (exact) mass is 400 g/mol. The summed E-state index contributed by atoms with van der Waals surface area (Å²) in [6.45, 7) is 5.91. The number of aromatic nitrogens is 1. The maximum atomic E-state index is 12.7. The van der Waals surface area contributed by atoms with E-state index < -0.39 is 11.9 Å². The quantitative estimate of drug-likeness (QED) is 0.758. The van der Waals surface area contributed by atoms with Gasteiger partial charge in [0.2, 0.25) is 5.91 Å². The van der Waals surface area contributed by atoms with Crippen LogP contribution in [0.15, 0.2) is 12.1 Å². The Morgan fingerprint density at radius 2 is 1.64 bits per heavy atom. The minimum absolute atomic E-state index is 0.0152. The fourth-order valence-electron chi connectivity index (χ4n) is 3.32. The van der Waals surface area contributed by atoms with Crippen LogP contribution in [0.4, 0.5) is 13.2 Å². The Morgan fingerprint density at radius 3 is 2.21 bits per heavy atom. The largest absolute Gasteiger partial charge is 0.433 e. The minimum Gasteiger partial charge on any atom is -0.379 e. The Hall–Kier alpha value is -2.20. The van der Waals surface area contributed by atoms with Gasteiger partial charge in [0.15, 0.2) is 0 Å². The van der Waals surface area contributed by atoms with Gasteiger partial charge in [0.05, 0.1) is 31.0 Å². The highest BCUT2D eigenvalue weighted by molar-refractivity contribution is 5.95. The van der Waals surface area contributed by atoms with Crippen LogP contribution in [-0.2, 0) is 15.7 Å². The molecular weight excluding hydrogens is 377 g/mol. The lowest BCUT2D eigenvalue weighted by Gasteiger charge is -2.36. The van der Waals surface area contributed by atoms with Crippen molar-refractivity contribution in [2.75, 3.05) is 59.0 Å². The number of nitrogens with zero attached hydrogens (tertiary/aromatic N) is 4. The van der Waals surface area contributed by atoms with Crippen LogP contribution in [-0.4, -0.2) is 90.5 Å². The zero-order chi connectivity index (χ0) is 20.3. The van der Waals surface area contributed by atoms with Gasteiger partial charge in [-0.2, -0.15) is 13.2 Å². The molecule has 2 saturated heterocycles. The summed E-state index contributed by atoms with van der Waals surface area (Å²) in [6.07, 6.45) is -4.54. The third kappa shape index (κ3) is 4.79. The number of hydrogen-bond donors (Lipinski definition) is 0. The van der Waals surface area contributed by atoms with Crippen LogP contribution < -0.4 is 0 Å². The van der Waals surface area contributed by atoms with Crippen LogP contribution in [0, 0.1) is 6.92 Å². The molecule has 0 bridgehead atoms. The summed E-state index contributed by atoms with van der Waals surface area (Å²) in [7, 11) is 0. The van der Waals surface area contributed by atoms with Crippen molar-refractivity contribution in [3.63, 3.8) is 0 Å². The van der Waals surface area contributed by atoms with E-state index in [1.165, 1.54) is 13.0 Å². The van der Waals surface area contributed by atoms with Crippen molar-refractivity contribution in [3.8, 4) is 0 Å². The summed E-state index contributed by atoms with van der Waals surface area (Å²) in [5, 5.41) is 0. The number of hydrogen-bond acceptors (Lipinski definition) is 5. The summed E-state index contributed by atoms with van der Waals surface area (Å²) in [4.78, 5) is 33.9. The van der Waals surface area contributed by atoms with E-state index in [0.717, 1.165) is 19.2 Å². The summed E-state index contributed by atoms with van der Waals surface area (Å²) in [5.74, 6) is -0.347. The van der Waals surface area contributed by atoms with Crippen LogP contribution in [0.1, 0.15) is 21.7 Å². The number of rotatable bonds is 3. The average molecular weight is 400 g/mol. The second kappa shape index (κ2) is 8.44. The van der Waals surface area contributed by atoms with Gasteiger partial charge < -0.3 is 14.5 Å². The molecule has 7 nitrogen and oxygen atoms in total. The number of pyridine rings is 1. The Morgan fingerprint density at radius 1 is 1.04 bits per heavy atom. The fraction of sp³-hybridized carbons (Fsp3) is 0.611. The van der Waals surface area contributed by atoms with Gasteiger partial charge in [-0.05, 0) is 19.1 Å². The molecule has 2 fully saturated rings. The highest BCUT2D eigenvalue weighted by Gasteiger charge is 2.34. The first-order valence-electron chi connectivity index (χ1n) is 9.17. The smallest absolute Gasteiger partial charge is 0.379 e. The van der Waals surface area contributed by atoms with Crippen molar-refractivity contribution in [1.82, 2.24) is 19.7 Å². The summed E-state index contributed by atoms with van der Waals surface area (Å²) >= 11 is 0. The molecule has 0 unspecified atom stereocenters. The number of alkyl halides is 3. The molecule has 0 atom stereocenters. The molecule has 0 saturated carbocycles. The van der Waals surface area contributed by atoms with Gasteiger partial charge in [-0.1, -0.05) is 0 Å². The number of carbonyl (C=O) groups is 2. The van der Waals surface area contributed by atoms with E-state index in [0.29, 0.717) is 45.9 Å². The maximum absolute atomic E-state index is 12.7. The van der Waals surface area contributed by atoms with Crippen LogP contribution in [0.3, 0.4) is 0 Å². The van der Waals surface area contributed by atoms with E-state index in [4.69, 9.17) is 4.74 Å². The third-order valence-corrected chi connectivity index (χ3v) is 4.99. The zero-order valence-electron chi connectivity index (χ0n) is 15.7. The van der Waals surface area contributed by atoms with Gasteiger partial charge in [0.1, 0.15) is 5.69 Å². The van der Waals surface area contributed by atoms with Gasteiger partial charge in [-0.15, -0.1) is 0 Å². The molecule has 0 N–H and O–H groups in total. The van der Waals surface area contributed by atoms with E-state index in [1.54, 1.807) is 9.80 Å². The molecule has 1 aromatic heterocycles. The lowest BCUT2D eigenvalue weighted by molar-refractivity contribution is -0.141. The topological polar surface area (TPSA) is 66.0 Å². The van der Waals surface area contributed by atoms with Crippen LogP contribution in [0.5, 0.6) is 0 Å². The second-order valence-electron chi connectivity index (χ2n) is 6.89. The van der Waals surface area contributed by atoms with Crippen molar-refractivity contribution in [1.29, 1.82) is 0 Å². The molecule has 3 heterocycles. The normalized spacial score (nSPS) is 19.0. The lowest BCUT2D eigenvalue weighted by Crippen LogP contribution is -2.53. The van der Waals surface area contributed by atoms with Gasteiger partial charge in [0.25, 0.3) is 5.91 Å². The standard InChI is InChI=1S/C18H23F3N4O3/c1-13-14(2-3-15(22-13)18(19,20)21)17(27)25-6-4-24(5-7-25)16(26)12-23-8-10-28-11-9-23/h2-3H,4-12H2,1H3. The molecule has 28 heavy (non-hydrogen) atoms. The van der Waals surface area contributed by atoms with Crippen molar-refractivity contribution in [2.45, 2.75) is 13.1 Å². The zero-order valence-corrected chi connectivity index (χ0v) is 15.7. The Kier molecular flexibility index (Phi) is 6.19. The Labute approximate surface area is 161 Å². The van der Waals surface area contributed by atoms with Gasteiger partial charge >= 0.3 is 6.18 Å². The first-order chi connectivity index (χ1) is 13.3.